The number of aromatic nitrogens is 1. The zero-order chi connectivity index (χ0) is 11.4. The van der Waals surface area contributed by atoms with E-state index < -0.39 is 0 Å². The van der Waals surface area contributed by atoms with E-state index in [1.807, 2.05) is 6.07 Å². The predicted molar refractivity (Wildman–Crippen MR) is 60.5 cm³/mol. The third kappa shape index (κ3) is 2.84. The molecule has 1 unspecified atom stereocenters. The van der Waals surface area contributed by atoms with Crippen molar-refractivity contribution in [1.82, 2.24) is 10.3 Å². The van der Waals surface area contributed by atoms with Crippen LogP contribution in [0.1, 0.15) is 18.5 Å². The molecule has 2 heterocycles. The quantitative estimate of drug-likeness (QED) is 0.796. The summed E-state index contributed by atoms with van der Waals surface area (Å²) in [7, 11) is 0. The third-order valence-electron chi connectivity index (χ3n) is 2.44. The van der Waals surface area contributed by atoms with Crippen LogP contribution < -0.4 is 10.1 Å². The standard InChI is InChI=1S/C11H12ClN3O/c12-11-5-10(4-8(6-13)15-11)16-9-2-1-3-14-7-9/h4-5,9,14H,1-3,7H2. The number of pyridine rings is 1. The lowest BCUT2D eigenvalue weighted by Crippen LogP contribution is -2.37. The Balaban J connectivity index is 2.08. The van der Waals surface area contributed by atoms with Crippen molar-refractivity contribution in [2.75, 3.05) is 13.1 Å². The Morgan fingerprint density at radius 3 is 3.12 bits per heavy atom. The average Bonchev–Trinajstić information content (AvgIpc) is 2.29. The summed E-state index contributed by atoms with van der Waals surface area (Å²) < 4.78 is 5.74. The Hall–Kier alpha value is -1.31. The lowest BCUT2D eigenvalue weighted by atomic mass is 10.1. The zero-order valence-corrected chi connectivity index (χ0v) is 9.50. The second-order valence-corrected chi connectivity index (χ2v) is 4.10. The molecule has 1 atom stereocenters. The topological polar surface area (TPSA) is 57.9 Å². The largest absolute Gasteiger partial charge is 0.489 e. The molecule has 1 saturated heterocycles. The fourth-order valence-electron chi connectivity index (χ4n) is 1.71. The fraction of sp³-hybridized carbons (Fsp3) is 0.455. The van der Waals surface area contributed by atoms with Gasteiger partial charge in [0.25, 0.3) is 0 Å². The van der Waals surface area contributed by atoms with Crippen molar-refractivity contribution in [1.29, 1.82) is 5.26 Å². The van der Waals surface area contributed by atoms with Crippen LogP contribution in [0.15, 0.2) is 12.1 Å². The van der Waals surface area contributed by atoms with Gasteiger partial charge in [-0.05, 0) is 19.4 Å². The number of ether oxygens (including phenoxy) is 1. The van der Waals surface area contributed by atoms with Gasteiger partial charge < -0.3 is 10.1 Å². The first-order valence-corrected chi connectivity index (χ1v) is 5.61. The molecule has 1 aromatic rings. The molecule has 0 aliphatic carbocycles. The van der Waals surface area contributed by atoms with Gasteiger partial charge in [0.15, 0.2) is 0 Å². The highest BCUT2D eigenvalue weighted by Crippen LogP contribution is 2.20. The van der Waals surface area contributed by atoms with Gasteiger partial charge in [-0.1, -0.05) is 11.6 Å². The first-order chi connectivity index (χ1) is 7.78. The second kappa shape index (κ2) is 5.15. The van der Waals surface area contributed by atoms with Crippen LogP contribution in [0.5, 0.6) is 5.75 Å². The number of rotatable bonds is 2. The number of nitriles is 1. The molecule has 16 heavy (non-hydrogen) atoms. The summed E-state index contributed by atoms with van der Waals surface area (Å²) >= 11 is 5.79. The van der Waals surface area contributed by atoms with E-state index in [1.54, 1.807) is 12.1 Å². The van der Waals surface area contributed by atoms with E-state index in [2.05, 4.69) is 10.3 Å². The molecule has 4 nitrogen and oxygen atoms in total. The molecule has 5 heteroatoms. The van der Waals surface area contributed by atoms with Crippen LogP contribution in [-0.4, -0.2) is 24.2 Å². The van der Waals surface area contributed by atoms with Gasteiger partial charge >= 0.3 is 0 Å². The maximum absolute atomic E-state index is 8.75. The SMILES string of the molecule is N#Cc1cc(OC2CCCNC2)cc(Cl)n1. The smallest absolute Gasteiger partial charge is 0.145 e. The summed E-state index contributed by atoms with van der Waals surface area (Å²) in [6, 6.07) is 5.20. The molecule has 1 N–H and O–H groups in total. The molecule has 0 saturated carbocycles. The number of halogens is 1. The van der Waals surface area contributed by atoms with Gasteiger partial charge in [-0.15, -0.1) is 0 Å². The van der Waals surface area contributed by atoms with Crippen LogP contribution in [0.25, 0.3) is 0 Å². The molecule has 84 valence electrons. The van der Waals surface area contributed by atoms with E-state index >= 15 is 0 Å². The van der Waals surface area contributed by atoms with Gasteiger partial charge in [0, 0.05) is 18.7 Å². The molecule has 0 spiro atoms. The maximum Gasteiger partial charge on any atom is 0.145 e. The van der Waals surface area contributed by atoms with Gasteiger partial charge in [-0.2, -0.15) is 5.26 Å². The van der Waals surface area contributed by atoms with Crippen molar-refractivity contribution in [2.45, 2.75) is 18.9 Å². The molecule has 1 aliphatic rings. The van der Waals surface area contributed by atoms with Crippen molar-refractivity contribution in [3.63, 3.8) is 0 Å². The molecule has 1 aliphatic heterocycles. The normalized spacial score (nSPS) is 20.1. The molecule has 1 aromatic heterocycles. The first kappa shape index (κ1) is 11.2. The van der Waals surface area contributed by atoms with Gasteiger partial charge in [-0.3, -0.25) is 0 Å². The van der Waals surface area contributed by atoms with Gasteiger partial charge in [0.2, 0.25) is 0 Å². The Bertz CT molecular complexity index is 410. The van der Waals surface area contributed by atoms with Gasteiger partial charge in [-0.25, -0.2) is 4.98 Å². The Morgan fingerprint density at radius 2 is 2.44 bits per heavy atom. The van der Waals surface area contributed by atoms with Crippen LogP contribution in [0.4, 0.5) is 0 Å². The minimum absolute atomic E-state index is 0.152. The summed E-state index contributed by atoms with van der Waals surface area (Å²) in [5, 5.41) is 12.3. The summed E-state index contributed by atoms with van der Waals surface area (Å²) in [5.74, 6) is 0.616. The molecule has 0 bridgehead atoms. The highest BCUT2D eigenvalue weighted by atomic mass is 35.5. The molecular formula is C11H12ClN3O. The Kier molecular flexibility index (Phi) is 3.60. The van der Waals surface area contributed by atoms with Crippen molar-refractivity contribution in [3.05, 3.63) is 23.0 Å². The van der Waals surface area contributed by atoms with E-state index in [1.165, 1.54) is 0 Å². The third-order valence-corrected chi connectivity index (χ3v) is 2.63. The lowest BCUT2D eigenvalue weighted by molar-refractivity contribution is 0.167. The molecule has 0 aromatic carbocycles. The van der Waals surface area contributed by atoms with E-state index in [0.717, 1.165) is 25.9 Å². The second-order valence-electron chi connectivity index (χ2n) is 3.71. The van der Waals surface area contributed by atoms with E-state index in [0.29, 0.717) is 5.75 Å². The van der Waals surface area contributed by atoms with Crippen LogP contribution in [-0.2, 0) is 0 Å². The van der Waals surface area contributed by atoms with Crippen LogP contribution in [0, 0.1) is 11.3 Å². The van der Waals surface area contributed by atoms with Crippen LogP contribution >= 0.6 is 11.6 Å². The van der Waals surface area contributed by atoms with Crippen molar-refractivity contribution < 1.29 is 4.74 Å². The number of nitrogens with one attached hydrogen (secondary N) is 1. The molecule has 0 amide bonds. The van der Waals surface area contributed by atoms with E-state index in [9.17, 15) is 0 Å². The van der Waals surface area contributed by atoms with Crippen LogP contribution in [0.2, 0.25) is 5.15 Å². The minimum atomic E-state index is 0.152. The molecule has 0 radical (unpaired) electrons. The molecule has 2 rings (SSSR count). The number of hydrogen-bond acceptors (Lipinski definition) is 4. The summed E-state index contributed by atoms with van der Waals surface area (Å²) in [5.41, 5.74) is 0.284. The highest BCUT2D eigenvalue weighted by molar-refractivity contribution is 6.29. The predicted octanol–water partition coefficient (Wildman–Crippen LogP) is 1.74. The number of hydrogen-bond donors (Lipinski definition) is 1. The van der Waals surface area contributed by atoms with Crippen molar-refractivity contribution >= 4 is 11.6 Å². The molecule has 1 fully saturated rings. The number of piperidine rings is 1. The molecular weight excluding hydrogens is 226 g/mol. The van der Waals surface area contributed by atoms with Crippen LogP contribution in [0.3, 0.4) is 0 Å². The minimum Gasteiger partial charge on any atom is -0.489 e. The first-order valence-electron chi connectivity index (χ1n) is 5.23. The summed E-state index contributed by atoms with van der Waals surface area (Å²) in [4.78, 5) is 3.85. The lowest BCUT2D eigenvalue weighted by Gasteiger charge is -2.23. The van der Waals surface area contributed by atoms with Gasteiger partial charge in [0.05, 0.1) is 0 Å². The monoisotopic (exact) mass is 237 g/mol. The Morgan fingerprint density at radius 1 is 1.56 bits per heavy atom. The average molecular weight is 238 g/mol. The van der Waals surface area contributed by atoms with Crippen molar-refractivity contribution in [3.8, 4) is 11.8 Å². The van der Waals surface area contributed by atoms with Crippen molar-refractivity contribution in [2.24, 2.45) is 0 Å². The zero-order valence-electron chi connectivity index (χ0n) is 8.74. The van der Waals surface area contributed by atoms with Gasteiger partial charge in [0.1, 0.15) is 28.8 Å². The maximum atomic E-state index is 8.75. The fourth-order valence-corrected chi connectivity index (χ4v) is 1.91. The summed E-state index contributed by atoms with van der Waals surface area (Å²) in [6.45, 7) is 1.88. The summed E-state index contributed by atoms with van der Waals surface area (Å²) in [6.07, 6.45) is 2.28. The highest BCUT2D eigenvalue weighted by Gasteiger charge is 2.15. The van der Waals surface area contributed by atoms with E-state index in [-0.39, 0.29) is 17.0 Å². The Labute approximate surface area is 99.2 Å². The van der Waals surface area contributed by atoms with E-state index in [4.69, 9.17) is 21.6 Å². The number of nitrogens with zero attached hydrogens (tertiary/aromatic N) is 2.